The second-order valence-corrected chi connectivity index (χ2v) is 3.66. The van der Waals surface area contributed by atoms with Crippen LogP contribution in [0.1, 0.15) is 22.0 Å². The zero-order valence-corrected chi connectivity index (χ0v) is 9.15. The van der Waals surface area contributed by atoms with E-state index in [1.54, 1.807) is 36.4 Å². The van der Waals surface area contributed by atoms with Crippen LogP contribution in [0.4, 0.5) is 0 Å². The van der Waals surface area contributed by atoms with E-state index in [1.807, 2.05) is 24.3 Å². The van der Waals surface area contributed by atoms with Gasteiger partial charge in [-0.25, -0.2) is 0 Å². The third-order valence-electron chi connectivity index (χ3n) is 2.54. The highest BCUT2D eigenvalue weighted by molar-refractivity contribution is 6.01. The topological polar surface area (TPSA) is 45.2 Å². The first-order valence-corrected chi connectivity index (χ1v) is 5.31. The zero-order valence-electron chi connectivity index (χ0n) is 9.15. The number of benzene rings is 2. The van der Waals surface area contributed by atoms with E-state index in [4.69, 9.17) is 5.39 Å². The van der Waals surface area contributed by atoms with E-state index in [-0.39, 0.29) is 5.78 Å². The molecular formula is C14H11N2O+. The molecule has 0 aliphatic rings. The Morgan fingerprint density at radius 1 is 0.941 bits per heavy atom. The summed E-state index contributed by atoms with van der Waals surface area (Å²) in [5, 5.41) is 9.02. The van der Waals surface area contributed by atoms with Crippen LogP contribution in [0.15, 0.2) is 60.7 Å². The van der Waals surface area contributed by atoms with Gasteiger partial charge in [-0.3, -0.25) is 4.79 Å². The maximum atomic E-state index is 12.1. The van der Waals surface area contributed by atoms with Crippen molar-refractivity contribution in [2.24, 2.45) is 0 Å². The Morgan fingerprint density at radius 3 is 2.00 bits per heavy atom. The molecule has 0 aliphatic carbocycles. The lowest BCUT2D eigenvalue weighted by atomic mass is 9.98. The van der Waals surface area contributed by atoms with E-state index in [0.717, 1.165) is 0 Å². The molecular weight excluding hydrogens is 212 g/mol. The van der Waals surface area contributed by atoms with Gasteiger partial charge in [0.15, 0.2) is 0 Å². The molecule has 3 heteroatoms. The van der Waals surface area contributed by atoms with Gasteiger partial charge in [0.1, 0.15) is 4.98 Å². The summed E-state index contributed by atoms with van der Waals surface area (Å²) in [4.78, 5) is 15.3. The monoisotopic (exact) mass is 223 g/mol. The molecule has 0 saturated heterocycles. The Kier molecular flexibility index (Phi) is 3.27. The molecule has 0 N–H and O–H groups in total. The maximum Gasteiger partial charge on any atom is 0.400 e. The summed E-state index contributed by atoms with van der Waals surface area (Å²) in [7, 11) is 0. The van der Waals surface area contributed by atoms with Crippen LogP contribution >= 0.6 is 0 Å². The molecule has 3 nitrogen and oxygen atoms in total. The molecule has 0 aromatic heterocycles. The number of rotatable bonds is 3. The van der Waals surface area contributed by atoms with Crippen molar-refractivity contribution in [3.63, 3.8) is 0 Å². The summed E-state index contributed by atoms with van der Waals surface area (Å²) in [5.74, 6) is -0.209. The van der Waals surface area contributed by atoms with Gasteiger partial charge < -0.3 is 0 Å². The number of carbonyl (C=O) groups is 1. The van der Waals surface area contributed by atoms with Crippen LogP contribution < -0.4 is 0 Å². The van der Waals surface area contributed by atoms with Crippen molar-refractivity contribution >= 4 is 5.78 Å². The highest BCUT2D eigenvalue weighted by Crippen LogP contribution is 2.21. The number of nitrogens with zero attached hydrogens (tertiary/aromatic N) is 2. The normalized spacial score (nSPS) is 11.5. The minimum absolute atomic E-state index is 0.209. The molecule has 0 aliphatic heterocycles. The van der Waals surface area contributed by atoms with E-state index < -0.39 is 6.04 Å². The van der Waals surface area contributed by atoms with Gasteiger partial charge in [-0.2, -0.15) is 0 Å². The fraction of sp³-hybridized carbons (Fsp3) is 0.0714. The molecule has 0 saturated carbocycles. The van der Waals surface area contributed by atoms with E-state index >= 15 is 0 Å². The van der Waals surface area contributed by atoms with Crippen LogP contribution in [-0.2, 0) is 0 Å². The van der Waals surface area contributed by atoms with Crippen LogP contribution in [0.25, 0.3) is 4.98 Å². The largest absolute Gasteiger partial charge is 0.400 e. The molecule has 17 heavy (non-hydrogen) atoms. The standard InChI is InChI=1S/C14H11N2O/c15-16-13(11-7-3-1-4-8-11)14(17)12-9-5-2-6-10-12/h1-10,13H/q+1/t13-/m0/s1. The number of Topliss-reactive ketones (excluding diaryl/α,β-unsaturated/α-hetero) is 1. The predicted octanol–water partition coefficient (Wildman–Crippen LogP) is 3.46. The number of hydrogen-bond donors (Lipinski definition) is 0. The molecule has 0 heterocycles. The summed E-state index contributed by atoms with van der Waals surface area (Å²) in [6.45, 7) is 0. The van der Waals surface area contributed by atoms with E-state index in [1.165, 1.54) is 0 Å². The van der Waals surface area contributed by atoms with Gasteiger partial charge in [0.2, 0.25) is 5.39 Å². The Hall–Kier alpha value is -2.47. The van der Waals surface area contributed by atoms with Crippen molar-refractivity contribution in [3.05, 3.63) is 76.8 Å². The first-order valence-electron chi connectivity index (χ1n) is 5.31. The first kappa shape index (κ1) is 11.0. The SMILES string of the molecule is N#[N+][C@H](C(=O)c1ccccc1)c1ccccc1. The van der Waals surface area contributed by atoms with Crippen molar-refractivity contribution in [2.75, 3.05) is 0 Å². The second-order valence-electron chi connectivity index (χ2n) is 3.66. The van der Waals surface area contributed by atoms with Crippen LogP contribution in [0, 0.1) is 5.39 Å². The van der Waals surface area contributed by atoms with Crippen LogP contribution in [0.5, 0.6) is 0 Å². The van der Waals surface area contributed by atoms with Crippen molar-refractivity contribution in [1.82, 2.24) is 0 Å². The first-order chi connectivity index (χ1) is 8.33. The quantitative estimate of drug-likeness (QED) is 0.590. The van der Waals surface area contributed by atoms with Crippen molar-refractivity contribution in [3.8, 4) is 0 Å². The lowest BCUT2D eigenvalue weighted by molar-refractivity contribution is 0.0974. The molecule has 2 aromatic carbocycles. The van der Waals surface area contributed by atoms with Gasteiger partial charge in [-0.15, -0.1) is 0 Å². The maximum absolute atomic E-state index is 12.1. The predicted molar refractivity (Wildman–Crippen MR) is 65.0 cm³/mol. The fourth-order valence-corrected chi connectivity index (χ4v) is 1.67. The molecule has 2 rings (SSSR count). The zero-order chi connectivity index (χ0) is 12.1. The van der Waals surface area contributed by atoms with Gasteiger partial charge in [-0.05, 0) is 0 Å². The number of carbonyl (C=O) groups excluding carboxylic acids is 1. The molecule has 0 radical (unpaired) electrons. The van der Waals surface area contributed by atoms with Gasteiger partial charge in [0, 0.05) is 5.56 Å². The molecule has 0 amide bonds. The van der Waals surface area contributed by atoms with E-state index in [9.17, 15) is 4.79 Å². The van der Waals surface area contributed by atoms with E-state index in [2.05, 4.69) is 4.98 Å². The van der Waals surface area contributed by atoms with Crippen LogP contribution in [-0.4, -0.2) is 5.78 Å². The molecule has 0 spiro atoms. The summed E-state index contributed by atoms with van der Waals surface area (Å²) in [6, 6.07) is 17.0. The number of diazo groups is 1. The lowest BCUT2D eigenvalue weighted by Crippen LogP contribution is -2.09. The minimum Gasteiger partial charge on any atom is -0.285 e. The third kappa shape index (κ3) is 2.37. The minimum atomic E-state index is -0.849. The highest BCUT2D eigenvalue weighted by Gasteiger charge is 2.32. The Morgan fingerprint density at radius 2 is 1.47 bits per heavy atom. The number of hydrogen-bond acceptors (Lipinski definition) is 2. The van der Waals surface area contributed by atoms with Gasteiger partial charge >= 0.3 is 6.04 Å². The number of ketones is 1. The molecule has 0 fully saturated rings. The average molecular weight is 223 g/mol. The van der Waals surface area contributed by atoms with Crippen molar-refractivity contribution in [1.29, 1.82) is 5.39 Å². The highest BCUT2D eigenvalue weighted by atomic mass is 16.1. The summed E-state index contributed by atoms with van der Waals surface area (Å²) >= 11 is 0. The molecule has 2 aromatic rings. The average Bonchev–Trinajstić information content (AvgIpc) is 2.42. The molecule has 82 valence electrons. The van der Waals surface area contributed by atoms with Gasteiger partial charge in [-0.1, -0.05) is 60.7 Å². The Balaban J connectivity index is 2.33. The second kappa shape index (κ2) is 5.04. The smallest absolute Gasteiger partial charge is 0.285 e. The third-order valence-corrected chi connectivity index (χ3v) is 2.54. The Bertz CT molecular complexity index is 543. The lowest BCUT2D eigenvalue weighted by Gasteiger charge is -1.99. The summed E-state index contributed by atoms with van der Waals surface area (Å²) in [6.07, 6.45) is 0. The van der Waals surface area contributed by atoms with Crippen molar-refractivity contribution < 1.29 is 4.79 Å². The molecule has 0 bridgehead atoms. The summed E-state index contributed by atoms with van der Waals surface area (Å²) < 4.78 is 0. The van der Waals surface area contributed by atoms with Crippen LogP contribution in [0.2, 0.25) is 0 Å². The van der Waals surface area contributed by atoms with Gasteiger partial charge in [0.05, 0.1) is 5.56 Å². The molecule has 1 atom stereocenters. The van der Waals surface area contributed by atoms with E-state index in [0.29, 0.717) is 11.1 Å². The summed E-state index contributed by atoms with van der Waals surface area (Å²) in [5.41, 5.74) is 1.23. The Labute approximate surface area is 99.3 Å². The fourth-order valence-electron chi connectivity index (χ4n) is 1.67. The van der Waals surface area contributed by atoms with Crippen LogP contribution in [0.3, 0.4) is 0 Å². The van der Waals surface area contributed by atoms with Crippen molar-refractivity contribution in [2.45, 2.75) is 6.04 Å². The van der Waals surface area contributed by atoms with Gasteiger partial charge in [0.25, 0.3) is 5.78 Å². The molecule has 0 unspecified atom stereocenters.